The molecule has 0 saturated heterocycles. The predicted molar refractivity (Wildman–Crippen MR) is 61.2 cm³/mol. The maximum Gasteiger partial charge on any atom is 0.405 e. The van der Waals surface area contributed by atoms with E-state index in [0.717, 1.165) is 4.90 Å². The molecule has 1 aromatic carbocycles. The predicted octanol–water partition coefficient (Wildman–Crippen LogP) is 2.23. The summed E-state index contributed by atoms with van der Waals surface area (Å²) in [6, 6.07) is 6.39. The number of hydrogen-bond acceptors (Lipinski definition) is 3. The van der Waals surface area contributed by atoms with Gasteiger partial charge in [0, 0.05) is 12.2 Å². The Morgan fingerprint density at radius 2 is 2.06 bits per heavy atom. The zero-order valence-electron chi connectivity index (χ0n) is 9.83. The number of hydrogen-bond donors (Lipinski definition) is 1. The first kappa shape index (κ1) is 14.3. The van der Waals surface area contributed by atoms with Crippen LogP contribution in [0.25, 0.3) is 0 Å². The van der Waals surface area contributed by atoms with Gasteiger partial charge in [-0.05, 0) is 30.7 Å². The third-order valence-electron chi connectivity index (χ3n) is 2.44. The summed E-state index contributed by atoms with van der Waals surface area (Å²) in [7, 11) is 0. The van der Waals surface area contributed by atoms with E-state index in [1.54, 1.807) is 6.92 Å². The molecule has 18 heavy (non-hydrogen) atoms. The molecular formula is C12H13F3N2O. The fourth-order valence-electron chi connectivity index (χ4n) is 1.61. The molecule has 0 fully saturated rings. The van der Waals surface area contributed by atoms with E-state index in [9.17, 15) is 13.2 Å². The highest BCUT2D eigenvalue weighted by atomic mass is 19.4. The van der Waals surface area contributed by atoms with Crippen LogP contribution in [-0.2, 0) is 0 Å². The van der Waals surface area contributed by atoms with E-state index in [1.807, 2.05) is 6.07 Å². The lowest BCUT2D eigenvalue weighted by Gasteiger charge is -2.25. The number of aliphatic hydroxyl groups is 1. The number of anilines is 1. The summed E-state index contributed by atoms with van der Waals surface area (Å²) in [6.45, 7) is 0.0612. The average Bonchev–Trinajstić information content (AvgIpc) is 2.26. The molecule has 0 bridgehead atoms. The van der Waals surface area contributed by atoms with Crippen molar-refractivity contribution in [2.24, 2.45) is 0 Å². The zero-order chi connectivity index (χ0) is 13.8. The van der Waals surface area contributed by atoms with Gasteiger partial charge in [-0.3, -0.25) is 0 Å². The van der Waals surface area contributed by atoms with Gasteiger partial charge in [-0.25, -0.2) is 0 Å². The van der Waals surface area contributed by atoms with Gasteiger partial charge in [-0.2, -0.15) is 18.4 Å². The van der Waals surface area contributed by atoms with Gasteiger partial charge in [-0.15, -0.1) is 0 Å². The standard InChI is InChI=1S/C12H13F3N2O/c1-9-6-11(3-2-10(9)7-16)17(4-5-18)8-12(13,14)15/h2-3,6,18H,4-5,8H2,1H3. The summed E-state index contributed by atoms with van der Waals surface area (Å²) in [5.74, 6) is 0. The maximum absolute atomic E-state index is 12.4. The van der Waals surface area contributed by atoms with Crippen LogP contribution in [-0.4, -0.2) is 31.0 Å². The number of halogens is 3. The molecule has 3 nitrogen and oxygen atoms in total. The number of rotatable bonds is 4. The molecule has 1 aromatic rings. The summed E-state index contributed by atoms with van der Waals surface area (Å²) in [5.41, 5.74) is 1.38. The Bertz CT molecular complexity index is 452. The van der Waals surface area contributed by atoms with E-state index < -0.39 is 12.7 Å². The number of alkyl halides is 3. The van der Waals surface area contributed by atoms with Gasteiger partial charge < -0.3 is 10.0 Å². The average molecular weight is 258 g/mol. The maximum atomic E-state index is 12.4. The first-order valence-electron chi connectivity index (χ1n) is 5.30. The molecule has 0 radical (unpaired) electrons. The molecule has 0 spiro atoms. The van der Waals surface area contributed by atoms with Crippen molar-refractivity contribution < 1.29 is 18.3 Å². The fourth-order valence-corrected chi connectivity index (χ4v) is 1.61. The molecule has 0 aliphatic rings. The molecule has 0 unspecified atom stereocenters. The van der Waals surface area contributed by atoms with Gasteiger partial charge in [0.25, 0.3) is 0 Å². The molecule has 0 heterocycles. The van der Waals surface area contributed by atoms with Crippen LogP contribution in [0.2, 0.25) is 0 Å². The van der Waals surface area contributed by atoms with Gasteiger partial charge in [0.05, 0.1) is 18.2 Å². The Kier molecular flexibility index (Phi) is 4.56. The Balaban J connectivity index is 2.99. The SMILES string of the molecule is Cc1cc(N(CCO)CC(F)(F)F)ccc1C#N. The van der Waals surface area contributed by atoms with Gasteiger partial charge in [0.15, 0.2) is 0 Å². The van der Waals surface area contributed by atoms with E-state index >= 15 is 0 Å². The van der Waals surface area contributed by atoms with Crippen LogP contribution in [0.15, 0.2) is 18.2 Å². The van der Waals surface area contributed by atoms with Gasteiger partial charge >= 0.3 is 6.18 Å². The highest BCUT2D eigenvalue weighted by molar-refractivity contribution is 5.53. The summed E-state index contributed by atoms with van der Waals surface area (Å²) >= 11 is 0. The fraction of sp³-hybridized carbons (Fsp3) is 0.417. The summed E-state index contributed by atoms with van der Waals surface area (Å²) in [6.07, 6.45) is -4.34. The monoisotopic (exact) mass is 258 g/mol. The quantitative estimate of drug-likeness (QED) is 0.900. The molecule has 6 heteroatoms. The molecule has 0 aliphatic carbocycles. The normalized spacial score (nSPS) is 11.1. The highest BCUT2D eigenvalue weighted by Gasteiger charge is 2.30. The zero-order valence-corrected chi connectivity index (χ0v) is 9.83. The third-order valence-corrected chi connectivity index (χ3v) is 2.44. The van der Waals surface area contributed by atoms with Crippen molar-refractivity contribution in [1.29, 1.82) is 5.26 Å². The minimum absolute atomic E-state index is 0.106. The van der Waals surface area contributed by atoms with Crippen LogP contribution < -0.4 is 4.90 Å². The third kappa shape index (κ3) is 3.93. The molecule has 1 N–H and O–H groups in total. The minimum Gasteiger partial charge on any atom is -0.395 e. The van der Waals surface area contributed by atoms with Crippen molar-refractivity contribution in [2.45, 2.75) is 13.1 Å². The van der Waals surface area contributed by atoms with Crippen LogP contribution in [0.4, 0.5) is 18.9 Å². The largest absolute Gasteiger partial charge is 0.405 e. The van der Waals surface area contributed by atoms with Crippen molar-refractivity contribution in [2.75, 3.05) is 24.6 Å². The van der Waals surface area contributed by atoms with Gasteiger partial charge in [-0.1, -0.05) is 0 Å². The Morgan fingerprint density at radius 1 is 1.39 bits per heavy atom. The van der Waals surface area contributed by atoms with E-state index in [4.69, 9.17) is 10.4 Å². The second kappa shape index (κ2) is 5.74. The first-order valence-corrected chi connectivity index (χ1v) is 5.30. The van der Waals surface area contributed by atoms with Crippen LogP contribution in [0.1, 0.15) is 11.1 Å². The van der Waals surface area contributed by atoms with Crippen molar-refractivity contribution >= 4 is 5.69 Å². The number of aryl methyl sites for hydroxylation is 1. The van der Waals surface area contributed by atoms with Crippen LogP contribution in [0.3, 0.4) is 0 Å². The van der Waals surface area contributed by atoms with Crippen LogP contribution in [0, 0.1) is 18.3 Å². The van der Waals surface area contributed by atoms with E-state index in [-0.39, 0.29) is 13.2 Å². The number of nitrogens with zero attached hydrogens (tertiary/aromatic N) is 2. The second-order valence-electron chi connectivity index (χ2n) is 3.87. The molecule has 0 aliphatic heterocycles. The Morgan fingerprint density at radius 3 is 2.50 bits per heavy atom. The minimum atomic E-state index is -4.34. The molecule has 1 rings (SSSR count). The molecule has 0 atom stereocenters. The van der Waals surface area contributed by atoms with E-state index in [0.29, 0.717) is 16.8 Å². The topological polar surface area (TPSA) is 47.3 Å². The van der Waals surface area contributed by atoms with Crippen LogP contribution >= 0.6 is 0 Å². The van der Waals surface area contributed by atoms with Crippen molar-refractivity contribution in [3.63, 3.8) is 0 Å². The Hall–Kier alpha value is -1.74. The number of benzene rings is 1. The molecular weight excluding hydrogens is 245 g/mol. The lowest BCUT2D eigenvalue weighted by atomic mass is 10.1. The molecule has 0 amide bonds. The van der Waals surface area contributed by atoms with Crippen LogP contribution in [0.5, 0.6) is 0 Å². The summed E-state index contributed by atoms with van der Waals surface area (Å²) in [4.78, 5) is 1.04. The lowest BCUT2D eigenvalue weighted by Crippen LogP contribution is -2.36. The van der Waals surface area contributed by atoms with Gasteiger partial charge in [0.1, 0.15) is 6.54 Å². The molecule has 0 saturated carbocycles. The molecule has 98 valence electrons. The van der Waals surface area contributed by atoms with Crippen molar-refractivity contribution in [1.82, 2.24) is 0 Å². The molecule has 0 aromatic heterocycles. The van der Waals surface area contributed by atoms with Crippen molar-refractivity contribution in [3.05, 3.63) is 29.3 Å². The van der Waals surface area contributed by atoms with E-state index in [1.165, 1.54) is 18.2 Å². The van der Waals surface area contributed by atoms with E-state index in [2.05, 4.69) is 0 Å². The smallest absolute Gasteiger partial charge is 0.395 e. The Labute approximate surface area is 103 Å². The summed E-state index contributed by atoms with van der Waals surface area (Å²) in [5, 5.41) is 17.6. The number of aliphatic hydroxyl groups excluding tert-OH is 1. The summed E-state index contributed by atoms with van der Waals surface area (Å²) < 4.78 is 37.2. The number of nitriles is 1. The van der Waals surface area contributed by atoms with Crippen molar-refractivity contribution in [3.8, 4) is 6.07 Å². The second-order valence-corrected chi connectivity index (χ2v) is 3.87. The highest BCUT2D eigenvalue weighted by Crippen LogP contribution is 2.23. The first-order chi connectivity index (χ1) is 8.37. The lowest BCUT2D eigenvalue weighted by molar-refractivity contribution is -0.119. The van der Waals surface area contributed by atoms with Gasteiger partial charge in [0.2, 0.25) is 0 Å².